The highest BCUT2D eigenvalue weighted by Crippen LogP contribution is 2.07. The molecule has 0 fully saturated rings. The van der Waals surface area contributed by atoms with Gasteiger partial charge in [-0.05, 0) is 25.5 Å². The number of sulfonamides is 1. The van der Waals surface area contributed by atoms with Crippen LogP contribution in [0.15, 0.2) is 18.2 Å². The lowest BCUT2D eigenvalue weighted by Gasteiger charge is -2.06. The molecule has 1 N–H and O–H groups in total. The van der Waals surface area contributed by atoms with Crippen LogP contribution in [0.3, 0.4) is 0 Å². The van der Waals surface area contributed by atoms with Crippen LogP contribution in [0.4, 0.5) is 5.82 Å². The van der Waals surface area contributed by atoms with Crippen molar-refractivity contribution in [3.05, 3.63) is 23.9 Å². The smallest absolute Gasteiger partial charge is 0.233 e. The molecule has 0 aromatic carbocycles. The Morgan fingerprint density at radius 2 is 2.13 bits per heavy atom. The van der Waals surface area contributed by atoms with E-state index in [-0.39, 0.29) is 5.75 Å². The lowest BCUT2D eigenvalue weighted by molar-refractivity contribution is 0.597. The highest BCUT2D eigenvalue weighted by Gasteiger charge is 2.09. The molecule has 5 heteroatoms. The summed E-state index contributed by atoms with van der Waals surface area (Å²) in [5, 5.41) is 0. The molecule has 1 aromatic rings. The van der Waals surface area contributed by atoms with Gasteiger partial charge in [0.2, 0.25) is 10.0 Å². The van der Waals surface area contributed by atoms with Crippen molar-refractivity contribution in [1.82, 2.24) is 4.98 Å². The Balaban J connectivity index is 2.69. The lowest BCUT2D eigenvalue weighted by atomic mass is 10.4. The third-order valence-electron chi connectivity index (χ3n) is 1.92. The molecule has 0 radical (unpaired) electrons. The van der Waals surface area contributed by atoms with Gasteiger partial charge in [0.05, 0.1) is 5.75 Å². The van der Waals surface area contributed by atoms with Crippen LogP contribution in [0.5, 0.6) is 0 Å². The van der Waals surface area contributed by atoms with Crippen molar-refractivity contribution < 1.29 is 8.42 Å². The Bertz CT molecular complexity index is 415. The van der Waals surface area contributed by atoms with Gasteiger partial charge in [-0.3, -0.25) is 4.72 Å². The second-order valence-corrected chi connectivity index (χ2v) is 5.28. The Kier molecular flexibility index (Phi) is 4.08. The second-order valence-electron chi connectivity index (χ2n) is 3.44. The topological polar surface area (TPSA) is 59.1 Å². The standard InChI is InChI=1S/C10H16N2O2S/c1-3-4-8-15(13,14)12-10-7-5-6-9(2)11-10/h5-7H,3-4,8H2,1-2H3,(H,11,12). The molecule has 0 saturated carbocycles. The summed E-state index contributed by atoms with van der Waals surface area (Å²) >= 11 is 0. The number of hydrogen-bond acceptors (Lipinski definition) is 3. The van der Waals surface area contributed by atoms with Crippen molar-refractivity contribution in [2.24, 2.45) is 0 Å². The van der Waals surface area contributed by atoms with E-state index in [1.54, 1.807) is 12.1 Å². The fourth-order valence-electron chi connectivity index (χ4n) is 1.14. The predicted octanol–water partition coefficient (Wildman–Crippen LogP) is 1.93. The molecule has 0 amide bonds. The first-order valence-corrected chi connectivity index (χ1v) is 6.63. The number of hydrogen-bond donors (Lipinski definition) is 1. The first kappa shape index (κ1) is 12.0. The fraction of sp³-hybridized carbons (Fsp3) is 0.500. The number of aromatic nitrogens is 1. The largest absolute Gasteiger partial charge is 0.267 e. The maximum absolute atomic E-state index is 11.5. The zero-order valence-electron chi connectivity index (χ0n) is 9.03. The van der Waals surface area contributed by atoms with E-state index in [4.69, 9.17) is 0 Å². The van der Waals surface area contributed by atoms with Crippen LogP contribution in [0.2, 0.25) is 0 Å². The monoisotopic (exact) mass is 228 g/mol. The lowest BCUT2D eigenvalue weighted by Crippen LogP contribution is -2.17. The number of nitrogens with one attached hydrogen (secondary N) is 1. The van der Waals surface area contributed by atoms with E-state index < -0.39 is 10.0 Å². The molecule has 84 valence electrons. The summed E-state index contributed by atoms with van der Waals surface area (Å²) in [6.07, 6.45) is 1.53. The number of rotatable bonds is 5. The van der Waals surface area contributed by atoms with Crippen LogP contribution in [0, 0.1) is 6.92 Å². The van der Waals surface area contributed by atoms with Crippen molar-refractivity contribution in [2.45, 2.75) is 26.7 Å². The molecule has 15 heavy (non-hydrogen) atoms. The average molecular weight is 228 g/mol. The van der Waals surface area contributed by atoms with Gasteiger partial charge in [-0.1, -0.05) is 19.4 Å². The van der Waals surface area contributed by atoms with E-state index >= 15 is 0 Å². The zero-order valence-corrected chi connectivity index (χ0v) is 9.84. The molecule has 0 spiro atoms. The number of aryl methyl sites for hydroxylation is 1. The van der Waals surface area contributed by atoms with E-state index in [1.807, 2.05) is 19.9 Å². The summed E-state index contributed by atoms with van der Waals surface area (Å²) in [6, 6.07) is 5.25. The number of pyridine rings is 1. The predicted molar refractivity (Wildman–Crippen MR) is 61.3 cm³/mol. The van der Waals surface area contributed by atoms with Crippen molar-refractivity contribution in [3.8, 4) is 0 Å². The molecule has 1 aromatic heterocycles. The highest BCUT2D eigenvalue weighted by atomic mass is 32.2. The molecule has 0 aliphatic heterocycles. The summed E-state index contributed by atoms with van der Waals surface area (Å²) in [7, 11) is -3.23. The first-order valence-electron chi connectivity index (χ1n) is 4.97. The summed E-state index contributed by atoms with van der Waals surface area (Å²) in [5.41, 5.74) is 0.797. The third kappa shape index (κ3) is 4.29. The summed E-state index contributed by atoms with van der Waals surface area (Å²) in [4.78, 5) is 4.08. The molecule has 4 nitrogen and oxygen atoms in total. The van der Waals surface area contributed by atoms with Gasteiger partial charge in [-0.25, -0.2) is 13.4 Å². The van der Waals surface area contributed by atoms with Crippen molar-refractivity contribution in [3.63, 3.8) is 0 Å². The molecule has 0 unspecified atom stereocenters. The van der Waals surface area contributed by atoms with E-state index in [2.05, 4.69) is 9.71 Å². The van der Waals surface area contributed by atoms with Crippen molar-refractivity contribution >= 4 is 15.8 Å². The molecule has 1 rings (SSSR count). The Morgan fingerprint density at radius 1 is 1.40 bits per heavy atom. The van der Waals surface area contributed by atoms with Gasteiger partial charge in [0, 0.05) is 5.69 Å². The fourth-order valence-corrected chi connectivity index (χ4v) is 2.35. The van der Waals surface area contributed by atoms with Gasteiger partial charge in [-0.2, -0.15) is 0 Å². The first-order chi connectivity index (χ1) is 7.03. The second kappa shape index (κ2) is 5.11. The molecule has 0 saturated heterocycles. The van der Waals surface area contributed by atoms with Crippen LogP contribution in [0.1, 0.15) is 25.5 Å². The van der Waals surface area contributed by atoms with Crippen LogP contribution in [0.25, 0.3) is 0 Å². The van der Waals surface area contributed by atoms with Gasteiger partial charge >= 0.3 is 0 Å². The molecule has 0 aliphatic rings. The van der Waals surface area contributed by atoms with Gasteiger partial charge < -0.3 is 0 Å². The van der Waals surface area contributed by atoms with Gasteiger partial charge in [0.1, 0.15) is 5.82 Å². The normalized spacial score (nSPS) is 11.3. The van der Waals surface area contributed by atoms with Crippen LogP contribution in [-0.4, -0.2) is 19.2 Å². The van der Waals surface area contributed by atoms with Crippen molar-refractivity contribution in [1.29, 1.82) is 0 Å². The minimum Gasteiger partial charge on any atom is -0.267 e. The van der Waals surface area contributed by atoms with Crippen molar-refractivity contribution in [2.75, 3.05) is 10.5 Å². The number of nitrogens with zero attached hydrogens (tertiary/aromatic N) is 1. The van der Waals surface area contributed by atoms with Crippen LogP contribution < -0.4 is 4.72 Å². The van der Waals surface area contributed by atoms with E-state index in [0.29, 0.717) is 12.2 Å². The third-order valence-corrected chi connectivity index (χ3v) is 3.26. The van der Waals surface area contributed by atoms with Gasteiger partial charge in [0.25, 0.3) is 0 Å². The summed E-state index contributed by atoms with van der Waals surface area (Å²) < 4.78 is 25.5. The number of anilines is 1. The molecular formula is C10H16N2O2S. The Labute approximate surface area is 90.8 Å². The zero-order chi connectivity index (χ0) is 11.3. The van der Waals surface area contributed by atoms with Crippen LogP contribution >= 0.6 is 0 Å². The van der Waals surface area contributed by atoms with Crippen LogP contribution in [-0.2, 0) is 10.0 Å². The quantitative estimate of drug-likeness (QED) is 0.837. The molecule has 0 bridgehead atoms. The average Bonchev–Trinajstić information content (AvgIpc) is 2.14. The van der Waals surface area contributed by atoms with Gasteiger partial charge in [-0.15, -0.1) is 0 Å². The Hall–Kier alpha value is -1.10. The Morgan fingerprint density at radius 3 is 2.73 bits per heavy atom. The minimum atomic E-state index is -3.23. The molecule has 0 atom stereocenters. The highest BCUT2D eigenvalue weighted by molar-refractivity contribution is 7.92. The van der Waals surface area contributed by atoms with E-state index in [1.165, 1.54) is 0 Å². The SMILES string of the molecule is CCCCS(=O)(=O)Nc1cccc(C)n1. The number of unbranched alkanes of at least 4 members (excludes halogenated alkanes) is 1. The molecule has 1 heterocycles. The maximum Gasteiger partial charge on any atom is 0.233 e. The van der Waals surface area contributed by atoms with Gasteiger partial charge in [0.15, 0.2) is 0 Å². The summed E-state index contributed by atoms with van der Waals surface area (Å²) in [5.74, 6) is 0.546. The molecular weight excluding hydrogens is 212 g/mol. The maximum atomic E-state index is 11.5. The summed E-state index contributed by atoms with van der Waals surface area (Å²) in [6.45, 7) is 3.78. The van der Waals surface area contributed by atoms with E-state index in [9.17, 15) is 8.42 Å². The minimum absolute atomic E-state index is 0.152. The molecule has 0 aliphatic carbocycles. The van der Waals surface area contributed by atoms with E-state index in [0.717, 1.165) is 12.1 Å².